The van der Waals surface area contributed by atoms with Crippen molar-refractivity contribution in [1.29, 1.82) is 0 Å². The zero-order chi connectivity index (χ0) is 17.6. The van der Waals surface area contributed by atoms with E-state index in [-0.39, 0.29) is 35.2 Å². The second-order valence-electron chi connectivity index (χ2n) is 6.20. The van der Waals surface area contributed by atoms with Gasteiger partial charge in [0.2, 0.25) is 5.91 Å². The minimum atomic E-state index is -0.598. The molecule has 2 aliphatic rings. The molecule has 1 aromatic heterocycles. The molecule has 0 radical (unpaired) electrons. The molecule has 1 saturated heterocycles. The van der Waals surface area contributed by atoms with Crippen LogP contribution in [0, 0.1) is 5.82 Å². The van der Waals surface area contributed by atoms with Crippen molar-refractivity contribution in [3.8, 4) is 5.69 Å². The SMILES string of the molecule is O=C1C=C(c2c(-n3cnnn3)ccc(Cl)c2F)CC2CC[C@@H](CO)N12. The molecule has 1 aromatic carbocycles. The summed E-state index contributed by atoms with van der Waals surface area (Å²) in [6.07, 6.45) is 4.80. The maximum Gasteiger partial charge on any atom is 0.247 e. The van der Waals surface area contributed by atoms with Gasteiger partial charge in [-0.3, -0.25) is 4.79 Å². The molecule has 0 saturated carbocycles. The van der Waals surface area contributed by atoms with Crippen molar-refractivity contribution in [3.63, 3.8) is 0 Å². The number of hydrogen-bond donors (Lipinski definition) is 1. The maximum absolute atomic E-state index is 14.8. The van der Waals surface area contributed by atoms with E-state index in [2.05, 4.69) is 15.5 Å². The van der Waals surface area contributed by atoms with Crippen LogP contribution < -0.4 is 0 Å². The van der Waals surface area contributed by atoms with E-state index in [1.165, 1.54) is 23.2 Å². The molecule has 1 N–H and O–H groups in total. The summed E-state index contributed by atoms with van der Waals surface area (Å²) in [6.45, 7) is -0.0627. The number of amides is 1. The Morgan fingerprint density at radius 3 is 2.92 bits per heavy atom. The number of aromatic nitrogens is 4. The van der Waals surface area contributed by atoms with Gasteiger partial charge in [0, 0.05) is 17.7 Å². The van der Waals surface area contributed by atoms with Crippen LogP contribution in [0.4, 0.5) is 4.39 Å². The van der Waals surface area contributed by atoms with Crippen molar-refractivity contribution in [1.82, 2.24) is 25.1 Å². The lowest BCUT2D eigenvalue weighted by molar-refractivity contribution is -0.130. The number of aliphatic hydroxyl groups is 1. The van der Waals surface area contributed by atoms with Crippen molar-refractivity contribution < 1.29 is 14.3 Å². The Morgan fingerprint density at radius 1 is 1.36 bits per heavy atom. The second kappa shape index (κ2) is 6.20. The average Bonchev–Trinajstić information content (AvgIpc) is 3.26. The number of nitrogens with zero attached hydrogens (tertiary/aromatic N) is 5. The first kappa shape index (κ1) is 16.2. The number of fused-ring (bicyclic) bond motifs is 1. The topological polar surface area (TPSA) is 84.1 Å². The van der Waals surface area contributed by atoms with Gasteiger partial charge in [-0.1, -0.05) is 11.6 Å². The molecule has 2 aromatic rings. The first-order chi connectivity index (χ1) is 12.1. The van der Waals surface area contributed by atoms with Gasteiger partial charge in [-0.25, -0.2) is 4.39 Å². The molecule has 9 heteroatoms. The van der Waals surface area contributed by atoms with Gasteiger partial charge in [-0.15, -0.1) is 5.10 Å². The third kappa shape index (κ3) is 2.61. The van der Waals surface area contributed by atoms with Crippen LogP contribution in [0.2, 0.25) is 5.02 Å². The summed E-state index contributed by atoms with van der Waals surface area (Å²) < 4.78 is 16.2. The van der Waals surface area contributed by atoms with Crippen LogP contribution in [-0.2, 0) is 4.79 Å². The molecular formula is C16H15ClFN5O2. The third-order valence-corrected chi connectivity index (χ3v) is 5.12. The Bertz CT molecular complexity index is 854. The molecule has 1 fully saturated rings. The van der Waals surface area contributed by atoms with Crippen LogP contribution in [0.1, 0.15) is 24.8 Å². The summed E-state index contributed by atoms with van der Waals surface area (Å²) in [6, 6.07) is 2.84. The number of aliphatic hydroxyl groups excluding tert-OH is 1. The lowest BCUT2D eigenvalue weighted by Gasteiger charge is -2.33. The number of halogens is 2. The zero-order valence-electron chi connectivity index (χ0n) is 13.1. The highest BCUT2D eigenvalue weighted by atomic mass is 35.5. The predicted octanol–water partition coefficient (Wildman–Crippen LogP) is 1.59. The van der Waals surface area contributed by atoms with Crippen LogP contribution in [0.15, 0.2) is 24.5 Å². The van der Waals surface area contributed by atoms with Crippen LogP contribution in [0.25, 0.3) is 11.3 Å². The van der Waals surface area contributed by atoms with Crippen LogP contribution >= 0.6 is 11.6 Å². The minimum Gasteiger partial charge on any atom is -0.394 e. The summed E-state index contributed by atoms with van der Waals surface area (Å²) >= 11 is 5.97. The highest BCUT2D eigenvalue weighted by Gasteiger charge is 2.39. The van der Waals surface area contributed by atoms with Crippen LogP contribution in [-0.4, -0.2) is 54.8 Å². The molecule has 3 heterocycles. The zero-order valence-corrected chi connectivity index (χ0v) is 13.9. The Balaban J connectivity index is 1.82. The van der Waals surface area contributed by atoms with Crippen molar-refractivity contribution in [2.45, 2.75) is 31.3 Å². The Morgan fingerprint density at radius 2 is 2.20 bits per heavy atom. The number of carbonyl (C=O) groups excluding carboxylic acids is 1. The van der Waals surface area contributed by atoms with Crippen molar-refractivity contribution >= 4 is 23.1 Å². The van der Waals surface area contributed by atoms with Gasteiger partial charge in [0.05, 0.1) is 23.4 Å². The summed E-state index contributed by atoms with van der Waals surface area (Å²) in [5.74, 6) is -0.816. The van der Waals surface area contributed by atoms with Gasteiger partial charge in [0.25, 0.3) is 0 Å². The smallest absolute Gasteiger partial charge is 0.247 e. The second-order valence-corrected chi connectivity index (χ2v) is 6.60. The van der Waals surface area contributed by atoms with Gasteiger partial charge in [-0.05, 0) is 47.4 Å². The third-order valence-electron chi connectivity index (χ3n) is 4.83. The maximum atomic E-state index is 14.8. The standard InChI is InChI=1S/C16H15ClFN5O2/c17-12-3-4-13(22-8-19-20-21-22)15(16(12)18)9-5-10-1-2-11(7-24)23(10)14(25)6-9/h3-4,6,8,10-11,24H,1-2,5,7H2/t10?,11-/m0/s1. The fraction of sp³-hybridized carbons (Fsp3) is 0.375. The van der Waals surface area contributed by atoms with E-state index in [9.17, 15) is 14.3 Å². The number of tetrazole rings is 1. The number of rotatable bonds is 3. The van der Waals surface area contributed by atoms with Gasteiger partial charge < -0.3 is 10.0 Å². The van der Waals surface area contributed by atoms with E-state index in [0.29, 0.717) is 17.7 Å². The summed E-state index contributed by atoms with van der Waals surface area (Å²) in [5, 5.41) is 20.4. The number of benzene rings is 1. The van der Waals surface area contributed by atoms with Crippen LogP contribution in [0.5, 0.6) is 0 Å². The monoisotopic (exact) mass is 363 g/mol. The Kier molecular flexibility index (Phi) is 4.01. The van der Waals surface area contributed by atoms with Gasteiger partial charge in [0.15, 0.2) is 5.82 Å². The van der Waals surface area contributed by atoms with Gasteiger partial charge in [-0.2, -0.15) is 4.68 Å². The summed E-state index contributed by atoms with van der Waals surface area (Å²) in [5.41, 5.74) is 1.23. The van der Waals surface area contributed by atoms with E-state index < -0.39 is 5.82 Å². The highest BCUT2D eigenvalue weighted by molar-refractivity contribution is 6.31. The molecule has 2 atom stereocenters. The largest absolute Gasteiger partial charge is 0.394 e. The molecule has 130 valence electrons. The summed E-state index contributed by atoms with van der Waals surface area (Å²) in [4.78, 5) is 14.3. The quantitative estimate of drug-likeness (QED) is 0.895. The van der Waals surface area contributed by atoms with Crippen LogP contribution in [0.3, 0.4) is 0 Å². The molecule has 0 aliphatic carbocycles. The molecule has 1 unspecified atom stereocenters. The normalized spacial score (nSPS) is 22.9. The van der Waals surface area contributed by atoms with Gasteiger partial charge in [0.1, 0.15) is 6.33 Å². The van der Waals surface area contributed by atoms with Crippen molar-refractivity contribution in [3.05, 3.63) is 40.9 Å². The molecule has 25 heavy (non-hydrogen) atoms. The lowest BCUT2D eigenvalue weighted by Crippen LogP contribution is -2.44. The first-order valence-electron chi connectivity index (χ1n) is 7.95. The highest BCUT2D eigenvalue weighted by Crippen LogP contribution is 2.39. The predicted molar refractivity (Wildman–Crippen MR) is 87.5 cm³/mol. The van der Waals surface area contributed by atoms with Gasteiger partial charge >= 0.3 is 0 Å². The fourth-order valence-corrected chi connectivity index (χ4v) is 3.88. The van der Waals surface area contributed by atoms with E-state index in [1.54, 1.807) is 11.0 Å². The average molecular weight is 364 g/mol. The molecule has 0 bridgehead atoms. The van der Waals surface area contributed by atoms with E-state index >= 15 is 0 Å². The first-order valence-corrected chi connectivity index (χ1v) is 8.33. The minimum absolute atomic E-state index is 0.0257. The fourth-order valence-electron chi connectivity index (χ4n) is 3.72. The molecule has 4 rings (SSSR count). The van der Waals surface area contributed by atoms with E-state index in [0.717, 1.165) is 12.8 Å². The molecular weight excluding hydrogens is 349 g/mol. The number of carbonyl (C=O) groups is 1. The number of hydrogen-bond acceptors (Lipinski definition) is 5. The molecule has 2 aliphatic heterocycles. The van der Waals surface area contributed by atoms with Crippen molar-refractivity contribution in [2.75, 3.05) is 6.61 Å². The lowest BCUT2D eigenvalue weighted by atomic mass is 9.92. The molecule has 1 amide bonds. The summed E-state index contributed by atoms with van der Waals surface area (Å²) in [7, 11) is 0. The van der Waals surface area contributed by atoms with E-state index in [4.69, 9.17) is 11.6 Å². The van der Waals surface area contributed by atoms with E-state index in [1.807, 2.05) is 0 Å². The molecule has 7 nitrogen and oxygen atoms in total. The molecule has 0 spiro atoms. The Hall–Kier alpha value is -2.32. The Labute approximate surface area is 147 Å². The van der Waals surface area contributed by atoms with Crippen molar-refractivity contribution in [2.24, 2.45) is 0 Å².